The van der Waals surface area contributed by atoms with E-state index in [-0.39, 0.29) is 0 Å². The van der Waals surface area contributed by atoms with E-state index >= 15 is 0 Å². The number of piperazine rings is 1. The van der Waals surface area contributed by atoms with Crippen LogP contribution in [0.25, 0.3) is 5.65 Å². The van der Waals surface area contributed by atoms with Gasteiger partial charge in [-0.15, -0.1) is 0 Å². The Bertz CT molecular complexity index is 539. The van der Waals surface area contributed by atoms with Gasteiger partial charge in [0.2, 0.25) is 0 Å². The average molecular weight is 245 g/mol. The van der Waals surface area contributed by atoms with E-state index in [1.807, 2.05) is 22.7 Å². The number of hydrogen-bond acceptors (Lipinski definition) is 4. The molecule has 3 rings (SSSR count). The maximum atomic E-state index is 5.92. The number of fused-ring (bicyclic) bond motifs is 1. The zero-order valence-corrected chi connectivity index (χ0v) is 10.7. The second-order valence-corrected chi connectivity index (χ2v) is 5.01. The Labute approximate surface area is 107 Å². The molecule has 5 nitrogen and oxygen atoms in total. The van der Waals surface area contributed by atoms with Crippen LogP contribution in [-0.4, -0.2) is 52.4 Å². The number of anilines is 1. The topological polar surface area (TPSA) is 49.8 Å². The number of imidazole rings is 1. The summed E-state index contributed by atoms with van der Waals surface area (Å²) in [5.41, 5.74) is 8.61. The summed E-state index contributed by atoms with van der Waals surface area (Å²) in [5, 5.41) is 0. The van der Waals surface area contributed by atoms with E-state index in [2.05, 4.69) is 28.0 Å². The molecular formula is C13H19N5. The van der Waals surface area contributed by atoms with Crippen LogP contribution in [0.15, 0.2) is 24.5 Å². The minimum absolute atomic E-state index is 0.738. The molecule has 2 aromatic rings. The third-order valence-electron chi connectivity index (χ3n) is 3.54. The Morgan fingerprint density at radius 3 is 2.78 bits per heavy atom. The number of hydrogen-bond donors (Lipinski definition) is 1. The van der Waals surface area contributed by atoms with Gasteiger partial charge in [0.25, 0.3) is 0 Å². The fraction of sp³-hybridized carbons (Fsp3) is 0.462. The maximum Gasteiger partial charge on any atom is 0.160 e. The highest BCUT2D eigenvalue weighted by Crippen LogP contribution is 2.14. The van der Waals surface area contributed by atoms with Gasteiger partial charge in [-0.25, -0.2) is 4.98 Å². The minimum Gasteiger partial charge on any atom is -0.396 e. The van der Waals surface area contributed by atoms with E-state index in [0.29, 0.717) is 0 Å². The van der Waals surface area contributed by atoms with Crippen LogP contribution >= 0.6 is 0 Å². The summed E-state index contributed by atoms with van der Waals surface area (Å²) in [6.45, 7) is 5.40. The van der Waals surface area contributed by atoms with Crippen molar-refractivity contribution in [1.29, 1.82) is 0 Å². The molecule has 0 bridgehead atoms. The molecule has 2 aromatic heterocycles. The Morgan fingerprint density at radius 1 is 1.28 bits per heavy atom. The molecule has 3 heterocycles. The van der Waals surface area contributed by atoms with Gasteiger partial charge in [0.05, 0.1) is 11.4 Å². The third-order valence-corrected chi connectivity index (χ3v) is 3.54. The fourth-order valence-corrected chi connectivity index (χ4v) is 2.40. The Kier molecular flexibility index (Phi) is 2.93. The Hall–Kier alpha value is -1.59. The van der Waals surface area contributed by atoms with Crippen LogP contribution in [0.2, 0.25) is 0 Å². The summed E-state index contributed by atoms with van der Waals surface area (Å²) in [5.74, 6) is 0. The second kappa shape index (κ2) is 4.59. The van der Waals surface area contributed by atoms with Crippen molar-refractivity contribution < 1.29 is 0 Å². The highest BCUT2D eigenvalue weighted by atomic mass is 15.2. The normalized spacial score (nSPS) is 18.5. The van der Waals surface area contributed by atoms with Crippen LogP contribution in [0.5, 0.6) is 0 Å². The highest BCUT2D eigenvalue weighted by Gasteiger charge is 2.15. The molecule has 0 spiro atoms. The standard InChI is InChI=1S/C13H19N5/c1-16-5-7-17(8-6-16)9-11-10-18-4-2-3-12(14)13(18)15-11/h2-4,10H,5-9,14H2,1H3. The average Bonchev–Trinajstić information content (AvgIpc) is 2.76. The monoisotopic (exact) mass is 245 g/mol. The first kappa shape index (κ1) is 11.5. The Balaban J connectivity index is 1.77. The van der Waals surface area contributed by atoms with E-state index < -0.39 is 0 Å². The van der Waals surface area contributed by atoms with E-state index in [1.54, 1.807) is 0 Å². The number of aromatic nitrogens is 2. The van der Waals surface area contributed by atoms with Gasteiger partial charge in [-0.3, -0.25) is 4.90 Å². The van der Waals surface area contributed by atoms with Crippen molar-refractivity contribution in [2.75, 3.05) is 39.0 Å². The summed E-state index contributed by atoms with van der Waals surface area (Å²) in [4.78, 5) is 9.41. The van der Waals surface area contributed by atoms with Crippen LogP contribution in [0.3, 0.4) is 0 Å². The smallest absolute Gasteiger partial charge is 0.160 e. The summed E-state index contributed by atoms with van der Waals surface area (Å²) in [6.07, 6.45) is 4.07. The third kappa shape index (κ3) is 2.19. The van der Waals surface area contributed by atoms with Crippen LogP contribution in [0.1, 0.15) is 5.69 Å². The SMILES string of the molecule is CN1CCN(Cc2cn3cccc(N)c3n2)CC1. The molecule has 18 heavy (non-hydrogen) atoms. The summed E-state index contributed by atoms with van der Waals surface area (Å²) in [7, 11) is 2.17. The molecule has 1 aliphatic rings. The number of rotatable bonds is 2. The van der Waals surface area contributed by atoms with E-state index in [9.17, 15) is 0 Å². The van der Waals surface area contributed by atoms with Gasteiger partial charge in [-0.05, 0) is 19.2 Å². The molecule has 2 N–H and O–H groups in total. The molecule has 1 saturated heterocycles. The van der Waals surface area contributed by atoms with E-state index in [1.165, 1.54) is 0 Å². The second-order valence-electron chi connectivity index (χ2n) is 5.01. The van der Waals surface area contributed by atoms with Crippen LogP contribution in [0.4, 0.5) is 5.69 Å². The molecule has 0 amide bonds. The van der Waals surface area contributed by atoms with Crippen LogP contribution in [0, 0.1) is 0 Å². The number of nitrogens with zero attached hydrogens (tertiary/aromatic N) is 4. The van der Waals surface area contributed by atoms with Crippen molar-refractivity contribution in [3.05, 3.63) is 30.2 Å². The van der Waals surface area contributed by atoms with Gasteiger partial charge in [0.15, 0.2) is 5.65 Å². The lowest BCUT2D eigenvalue weighted by Crippen LogP contribution is -2.43. The predicted octanol–water partition coefficient (Wildman–Crippen LogP) is 0.664. The summed E-state index contributed by atoms with van der Waals surface area (Å²) in [6, 6.07) is 3.84. The lowest BCUT2D eigenvalue weighted by molar-refractivity contribution is 0.147. The van der Waals surface area contributed by atoms with Crippen molar-refractivity contribution >= 4 is 11.3 Å². The molecule has 0 aromatic carbocycles. The van der Waals surface area contributed by atoms with Gasteiger partial charge in [-0.2, -0.15) is 0 Å². The van der Waals surface area contributed by atoms with Gasteiger partial charge in [0.1, 0.15) is 0 Å². The molecule has 1 fully saturated rings. The lowest BCUT2D eigenvalue weighted by atomic mass is 10.3. The molecule has 96 valence electrons. The molecule has 1 aliphatic heterocycles. The van der Waals surface area contributed by atoms with Crippen molar-refractivity contribution in [2.45, 2.75) is 6.54 Å². The quantitative estimate of drug-likeness (QED) is 0.844. The highest BCUT2D eigenvalue weighted by molar-refractivity contribution is 5.64. The molecule has 0 atom stereocenters. The molecular weight excluding hydrogens is 226 g/mol. The number of pyridine rings is 1. The summed E-state index contributed by atoms with van der Waals surface area (Å²) < 4.78 is 2.00. The van der Waals surface area contributed by atoms with E-state index in [4.69, 9.17) is 5.73 Å². The van der Waals surface area contributed by atoms with Crippen molar-refractivity contribution in [3.63, 3.8) is 0 Å². The van der Waals surface area contributed by atoms with Crippen molar-refractivity contribution in [1.82, 2.24) is 19.2 Å². The molecule has 0 radical (unpaired) electrons. The van der Waals surface area contributed by atoms with Crippen molar-refractivity contribution in [3.8, 4) is 0 Å². The maximum absolute atomic E-state index is 5.92. The van der Waals surface area contributed by atoms with Gasteiger partial charge in [0, 0.05) is 45.1 Å². The van der Waals surface area contributed by atoms with Crippen LogP contribution < -0.4 is 5.73 Å². The first-order valence-corrected chi connectivity index (χ1v) is 6.35. The largest absolute Gasteiger partial charge is 0.396 e. The number of likely N-dealkylation sites (N-methyl/N-ethyl adjacent to an activating group) is 1. The molecule has 0 saturated carbocycles. The van der Waals surface area contributed by atoms with Gasteiger partial charge in [-0.1, -0.05) is 0 Å². The lowest BCUT2D eigenvalue weighted by Gasteiger charge is -2.31. The first-order chi connectivity index (χ1) is 8.72. The molecule has 0 aliphatic carbocycles. The number of nitrogen functional groups attached to an aromatic ring is 1. The zero-order valence-electron chi connectivity index (χ0n) is 10.7. The first-order valence-electron chi connectivity index (χ1n) is 6.35. The minimum atomic E-state index is 0.738. The van der Waals surface area contributed by atoms with E-state index in [0.717, 1.165) is 49.8 Å². The van der Waals surface area contributed by atoms with Gasteiger partial charge >= 0.3 is 0 Å². The van der Waals surface area contributed by atoms with Crippen LogP contribution in [-0.2, 0) is 6.54 Å². The molecule has 5 heteroatoms. The molecule has 0 unspecified atom stereocenters. The fourth-order valence-electron chi connectivity index (χ4n) is 2.40. The van der Waals surface area contributed by atoms with Crippen molar-refractivity contribution in [2.24, 2.45) is 0 Å². The van der Waals surface area contributed by atoms with Gasteiger partial charge < -0.3 is 15.0 Å². The number of nitrogens with two attached hydrogens (primary N) is 1. The Morgan fingerprint density at radius 2 is 2.06 bits per heavy atom. The zero-order chi connectivity index (χ0) is 12.5. The predicted molar refractivity (Wildman–Crippen MR) is 72.4 cm³/mol. The summed E-state index contributed by atoms with van der Waals surface area (Å²) >= 11 is 0.